The van der Waals surface area contributed by atoms with Gasteiger partial charge in [-0.05, 0) is 65.3 Å². The van der Waals surface area contributed by atoms with Crippen LogP contribution in [0, 0.1) is 0 Å². The Labute approximate surface area is 208 Å². The van der Waals surface area contributed by atoms with Gasteiger partial charge in [0.25, 0.3) is 11.5 Å². The Morgan fingerprint density at radius 1 is 1.06 bits per heavy atom. The summed E-state index contributed by atoms with van der Waals surface area (Å²) >= 11 is 6.18. The van der Waals surface area contributed by atoms with E-state index < -0.39 is 0 Å². The molecule has 1 aliphatic carbocycles. The zero-order valence-electron chi connectivity index (χ0n) is 19.1. The van der Waals surface area contributed by atoms with Crippen molar-refractivity contribution in [3.8, 4) is 0 Å². The van der Waals surface area contributed by atoms with Gasteiger partial charge in [0.05, 0.1) is 17.1 Å². The number of rotatable bonds is 7. The number of pyridine rings is 2. The van der Waals surface area contributed by atoms with Crippen LogP contribution in [-0.2, 0) is 19.4 Å². The first kappa shape index (κ1) is 22.9. The van der Waals surface area contributed by atoms with Gasteiger partial charge < -0.3 is 14.9 Å². The summed E-state index contributed by atoms with van der Waals surface area (Å²) in [5.74, 6) is -0.140. The minimum absolute atomic E-state index is 0.0176. The molecule has 3 aromatic heterocycles. The molecule has 0 bridgehead atoms. The van der Waals surface area contributed by atoms with Crippen LogP contribution in [-0.4, -0.2) is 27.0 Å². The maximum atomic E-state index is 12.8. The summed E-state index contributed by atoms with van der Waals surface area (Å²) in [6.45, 7) is 1.02. The number of aromatic amines is 1. The fourth-order valence-electron chi connectivity index (χ4n) is 4.32. The smallest absolute Gasteiger partial charge is 0.253 e. The molecule has 1 amide bonds. The van der Waals surface area contributed by atoms with E-state index >= 15 is 0 Å². The highest BCUT2D eigenvalue weighted by Crippen LogP contribution is 2.28. The fourth-order valence-corrected chi connectivity index (χ4v) is 4.57. The quantitative estimate of drug-likeness (QED) is 0.401. The van der Waals surface area contributed by atoms with Gasteiger partial charge in [-0.2, -0.15) is 0 Å². The molecule has 0 fully saturated rings. The fraction of sp³-hybridized carbons (Fsp3) is 0.179. The van der Waals surface area contributed by atoms with Crippen LogP contribution >= 0.6 is 11.6 Å². The van der Waals surface area contributed by atoms with E-state index in [9.17, 15) is 9.59 Å². The summed E-state index contributed by atoms with van der Waals surface area (Å²) in [5, 5.41) is 3.78. The molecular formula is C28H25ClN4O2. The van der Waals surface area contributed by atoms with E-state index in [1.807, 2.05) is 36.4 Å². The van der Waals surface area contributed by atoms with Crippen molar-refractivity contribution in [1.82, 2.24) is 19.9 Å². The number of carbonyl (C=O) groups is 1. The first-order valence-corrected chi connectivity index (χ1v) is 11.9. The topological polar surface area (TPSA) is 79.8 Å². The lowest BCUT2D eigenvalue weighted by molar-refractivity contribution is 0.0956. The zero-order chi connectivity index (χ0) is 24.2. The van der Waals surface area contributed by atoms with E-state index in [4.69, 9.17) is 11.6 Å². The summed E-state index contributed by atoms with van der Waals surface area (Å²) < 4.78 is 1.68. The number of nitrogens with one attached hydrogen (secondary N) is 2. The van der Waals surface area contributed by atoms with E-state index in [2.05, 4.69) is 21.4 Å². The molecule has 35 heavy (non-hydrogen) atoms. The average molecular weight is 485 g/mol. The minimum Gasteiger partial charge on any atom is -0.360 e. The van der Waals surface area contributed by atoms with Crippen molar-refractivity contribution in [1.29, 1.82) is 0 Å². The minimum atomic E-state index is -0.140. The van der Waals surface area contributed by atoms with Gasteiger partial charge in [0.15, 0.2) is 0 Å². The van der Waals surface area contributed by atoms with Crippen LogP contribution in [0.4, 0.5) is 0 Å². The van der Waals surface area contributed by atoms with Gasteiger partial charge >= 0.3 is 0 Å². The lowest BCUT2D eigenvalue weighted by atomic mass is 9.97. The van der Waals surface area contributed by atoms with E-state index in [1.54, 1.807) is 41.5 Å². The lowest BCUT2D eigenvalue weighted by Crippen LogP contribution is -2.26. The van der Waals surface area contributed by atoms with Crippen molar-refractivity contribution < 1.29 is 4.79 Å². The van der Waals surface area contributed by atoms with Gasteiger partial charge in [-0.25, -0.2) is 0 Å². The Balaban J connectivity index is 1.20. The molecule has 0 radical (unpaired) electrons. The van der Waals surface area contributed by atoms with Gasteiger partial charge in [0.2, 0.25) is 0 Å². The summed E-state index contributed by atoms with van der Waals surface area (Å²) in [4.78, 5) is 32.1. The second-order valence-electron chi connectivity index (χ2n) is 8.76. The van der Waals surface area contributed by atoms with Gasteiger partial charge in [-0.15, -0.1) is 0 Å². The lowest BCUT2D eigenvalue weighted by Gasteiger charge is -2.15. The molecule has 0 spiro atoms. The summed E-state index contributed by atoms with van der Waals surface area (Å²) in [6, 6.07) is 15.2. The third-order valence-corrected chi connectivity index (χ3v) is 6.57. The average Bonchev–Trinajstić information content (AvgIpc) is 3.25. The van der Waals surface area contributed by atoms with E-state index in [-0.39, 0.29) is 11.5 Å². The van der Waals surface area contributed by atoms with Crippen LogP contribution in [0.1, 0.15) is 44.7 Å². The Morgan fingerprint density at radius 2 is 1.89 bits per heavy atom. The molecule has 1 aromatic carbocycles. The molecule has 3 heterocycles. The van der Waals surface area contributed by atoms with Crippen LogP contribution in [0.5, 0.6) is 0 Å². The van der Waals surface area contributed by atoms with Crippen molar-refractivity contribution in [2.24, 2.45) is 0 Å². The van der Waals surface area contributed by atoms with E-state index in [0.29, 0.717) is 25.1 Å². The number of H-pyrrole nitrogens is 1. The molecule has 0 saturated heterocycles. The SMILES string of the molecule is O=C(NCC1=Cc2[nH]cc(Cl)c2CC1)c1cncc(Cc2ccc(Cn3ccccc3=O)cc2)c1. The van der Waals surface area contributed by atoms with Gasteiger partial charge in [0.1, 0.15) is 0 Å². The van der Waals surface area contributed by atoms with E-state index in [1.165, 1.54) is 0 Å². The summed E-state index contributed by atoms with van der Waals surface area (Å²) in [6.07, 6.45) is 11.5. The molecule has 6 nitrogen and oxygen atoms in total. The highest BCUT2D eigenvalue weighted by Gasteiger charge is 2.16. The van der Waals surface area contributed by atoms with Crippen LogP contribution < -0.4 is 10.9 Å². The molecule has 5 rings (SSSR count). The van der Waals surface area contributed by atoms with Crippen LogP contribution in [0.25, 0.3) is 6.08 Å². The normalized spacial score (nSPS) is 12.7. The second kappa shape index (κ2) is 10.2. The Bertz CT molecular complexity index is 1450. The Hall–Kier alpha value is -3.90. The largest absolute Gasteiger partial charge is 0.360 e. The summed E-state index contributed by atoms with van der Waals surface area (Å²) in [5.41, 5.74) is 6.98. The number of nitrogens with zero attached hydrogens (tertiary/aromatic N) is 2. The predicted octanol–water partition coefficient (Wildman–Crippen LogP) is 4.62. The van der Waals surface area contributed by atoms with Crippen LogP contribution in [0.15, 0.2) is 83.7 Å². The molecule has 1 aliphatic rings. The highest BCUT2D eigenvalue weighted by molar-refractivity contribution is 6.31. The van der Waals surface area contributed by atoms with Crippen LogP contribution in [0.2, 0.25) is 5.02 Å². The van der Waals surface area contributed by atoms with Gasteiger partial charge in [-0.1, -0.05) is 41.9 Å². The number of aromatic nitrogens is 3. The molecule has 2 N–H and O–H groups in total. The van der Waals surface area contributed by atoms with Gasteiger partial charge in [-0.3, -0.25) is 14.6 Å². The standard InChI is InChI=1S/C28H25ClN4O2/c29-25-17-31-26-13-21(8-9-24(25)26)15-32-28(35)23-12-22(14-30-16-23)11-19-4-6-20(7-5-19)18-33-10-2-1-3-27(33)34/h1-7,10,12-14,16-17,31H,8-9,11,15,18H2,(H,32,35). The molecular weight excluding hydrogens is 460 g/mol. The third kappa shape index (κ3) is 5.44. The zero-order valence-corrected chi connectivity index (χ0v) is 19.9. The Kier molecular flexibility index (Phi) is 6.64. The van der Waals surface area contributed by atoms with Gasteiger partial charge in [0, 0.05) is 43.1 Å². The molecule has 0 unspecified atom stereocenters. The molecule has 7 heteroatoms. The number of hydrogen-bond acceptors (Lipinski definition) is 3. The number of benzene rings is 1. The maximum Gasteiger partial charge on any atom is 0.253 e. The van der Waals surface area contributed by atoms with Crippen molar-refractivity contribution in [2.75, 3.05) is 6.54 Å². The molecule has 0 saturated carbocycles. The number of carbonyl (C=O) groups excluding carboxylic acids is 1. The second-order valence-corrected chi connectivity index (χ2v) is 9.16. The molecule has 176 valence electrons. The monoisotopic (exact) mass is 484 g/mol. The molecule has 4 aromatic rings. The number of amides is 1. The van der Waals surface area contributed by atoms with E-state index in [0.717, 1.165) is 51.4 Å². The third-order valence-electron chi connectivity index (χ3n) is 6.23. The van der Waals surface area contributed by atoms with Crippen molar-refractivity contribution in [3.05, 3.63) is 128 Å². The number of fused-ring (bicyclic) bond motifs is 1. The number of hydrogen-bond donors (Lipinski definition) is 2. The first-order chi connectivity index (χ1) is 17.0. The Morgan fingerprint density at radius 3 is 2.71 bits per heavy atom. The highest BCUT2D eigenvalue weighted by atomic mass is 35.5. The van der Waals surface area contributed by atoms with Crippen LogP contribution in [0.3, 0.4) is 0 Å². The van der Waals surface area contributed by atoms with Crippen molar-refractivity contribution in [2.45, 2.75) is 25.8 Å². The van der Waals surface area contributed by atoms with Crippen molar-refractivity contribution >= 4 is 23.6 Å². The molecule has 0 aliphatic heterocycles. The first-order valence-electron chi connectivity index (χ1n) is 11.6. The number of halogens is 1. The molecule has 0 atom stereocenters. The predicted molar refractivity (Wildman–Crippen MR) is 138 cm³/mol. The maximum absolute atomic E-state index is 12.8. The van der Waals surface area contributed by atoms with Crippen molar-refractivity contribution in [3.63, 3.8) is 0 Å². The summed E-state index contributed by atoms with van der Waals surface area (Å²) in [7, 11) is 0.